The Hall–Kier alpha value is -2.11. The molecule has 0 aliphatic heterocycles. The highest BCUT2D eigenvalue weighted by molar-refractivity contribution is 5.94. The van der Waals surface area contributed by atoms with Crippen LogP contribution in [0.4, 0.5) is 13.2 Å². The van der Waals surface area contributed by atoms with Crippen LogP contribution in [0.3, 0.4) is 0 Å². The van der Waals surface area contributed by atoms with Gasteiger partial charge in [-0.2, -0.15) is 13.2 Å². The number of nitrogens with zero attached hydrogens (tertiary/aromatic N) is 2. The molecule has 114 valence electrons. The molecule has 1 aromatic rings. The molecule has 1 aromatic heterocycles. The molecule has 0 atom stereocenters. The van der Waals surface area contributed by atoms with Crippen LogP contribution in [0.25, 0.3) is 0 Å². The summed E-state index contributed by atoms with van der Waals surface area (Å²) in [7, 11) is 0. The number of rotatable bonds is 4. The van der Waals surface area contributed by atoms with Crippen molar-refractivity contribution < 1.29 is 28.2 Å². The summed E-state index contributed by atoms with van der Waals surface area (Å²) in [6.07, 6.45) is -3.33. The summed E-state index contributed by atoms with van der Waals surface area (Å²) in [5.41, 5.74) is -0.141. The number of hydrogen-bond donors (Lipinski definition) is 2. The number of amides is 1. The number of carbonyl (C=O) groups excluding carboxylic acids is 1. The van der Waals surface area contributed by atoms with Crippen LogP contribution in [0.15, 0.2) is 18.3 Å². The van der Waals surface area contributed by atoms with Crippen molar-refractivity contribution in [3.8, 4) is 11.8 Å². The minimum absolute atomic E-state index is 0.113. The van der Waals surface area contributed by atoms with Gasteiger partial charge in [0.1, 0.15) is 18.8 Å². The van der Waals surface area contributed by atoms with E-state index in [1.807, 2.05) is 0 Å². The minimum Gasteiger partial charge on any atom is -0.395 e. The van der Waals surface area contributed by atoms with Crippen LogP contribution in [-0.2, 0) is 0 Å². The molecule has 0 spiro atoms. The number of hydrogen-bond acceptors (Lipinski definition) is 4. The SMILES string of the molecule is O=C(c1ncccc1C#CCO)N(CCO)CC(F)(F)F. The van der Waals surface area contributed by atoms with Crippen LogP contribution in [0.2, 0.25) is 0 Å². The van der Waals surface area contributed by atoms with E-state index in [0.29, 0.717) is 4.90 Å². The van der Waals surface area contributed by atoms with E-state index in [9.17, 15) is 18.0 Å². The fourth-order valence-corrected chi connectivity index (χ4v) is 1.55. The zero-order valence-corrected chi connectivity index (χ0v) is 10.9. The Bertz CT molecular complexity index is 550. The van der Waals surface area contributed by atoms with Crippen molar-refractivity contribution >= 4 is 5.91 Å². The fourth-order valence-electron chi connectivity index (χ4n) is 1.55. The van der Waals surface area contributed by atoms with E-state index in [2.05, 4.69) is 16.8 Å². The van der Waals surface area contributed by atoms with Gasteiger partial charge in [0.25, 0.3) is 5.91 Å². The first kappa shape index (κ1) is 16.9. The van der Waals surface area contributed by atoms with Gasteiger partial charge in [0.2, 0.25) is 0 Å². The van der Waals surface area contributed by atoms with Gasteiger partial charge in [-0.3, -0.25) is 4.79 Å². The van der Waals surface area contributed by atoms with Gasteiger partial charge in [0.15, 0.2) is 0 Å². The Kier molecular flexibility index (Phi) is 6.14. The second-order valence-electron chi connectivity index (χ2n) is 3.92. The van der Waals surface area contributed by atoms with Gasteiger partial charge < -0.3 is 15.1 Å². The number of pyridine rings is 1. The molecule has 0 radical (unpaired) electrons. The summed E-state index contributed by atoms with van der Waals surface area (Å²) >= 11 is 0. The van der Waals surface area contributed by atoms with Crippen molar-refractivity contribution in [2.45, 2.75) is 6.18 Å². The molecule has 0 saturated heterocycles. The summed E-state index contributed by atoms with van der Waals surface area (Å²) in [5, 5.41) is 17.4. The van der Waals surface area contributed by atoms with E-state index in [-0.39, 0.29) is 11.3 Å². The highest BCUT2D eigenvalue weighted by Crippen LogP contribution is 2.18. The highest BCUT2D eigenvalue weighted by atomic mass is 19.4. The van der Waals surface area contributed by atoms with E-state index in [4.69, 9.17) is 10.2 Å². The number of carbonyl (C=O) groups is 1. The van der Waals surface area contributed by atoms with Gasteiger partial charge in [-0.25, -0.2) is 4.98 Å². The second-order valence-corrected chi connectivity index (χ2v) is 3.92. The topological polar surface area (TPSA) is 73.7 Å². The molecule has 0 bridgehead atoms. The first-order valence-corrected chi connectivity index (χ1v) is 5.90. The molecule has 1 heterocycles. The van der Waals surface area contributed by atoms with Gasteiger partial charge in [-0.05, 0) is 12.1 Å². The molecule has 0 fully saturated rings. The summed E-state index contributed by atoms with van der Waals surface area (Å²) in [4.78, 5) is 16.3. The summed E-state index contributed by atoms with van der Waals surface area (Å²) in [6, 6.07) is 2.88. The molecule has 2 N–H and O–H groups in total. The molecule has 0 aliphatic carbocycles. The Morgan fingerprint density at radius 3 is 2.67 bits per heavy atom. The van der Waals surface area contributed by atoms with Gasteiger partial charge >= 0.3 is 6.18 Å². The van der Waals surface area contributed by atoms with Crippen LogP contribution < -0.4 is 0 Å². The Morgan fingerprint density at radius 1 is 1.38 bits per heavy atom. The van der Waals surface area contributed by atoms with Crippen molar-refractivity contribution in [2.24, 2.45) is 0 Å². The number of alkyl halides is 3. The lowest BCUT2D eigenvalue weighted by atomic mass is 10.1. The predicted octanol–water partition coefficient (Wildman–Crippen LogP) is 0.422. The maximum absolute atomic E-state index is 12.5. The van der Waals surface area contributed by atoms with E-state index in [1.165, 1.54) is 18.3 Å². The molecule has 0 saturated carbocycles. The normalized spacial score (nSPS) is 10.7. The molecule has 0 aliphatic rings. The van der Waals surface area contributed by atoms with Crippen molar-refractivity contribution in [3.05, 3.63) is 29.6 Å². The first-order chi connectivity index (χ1) is 9.89. The smallest absolute Gasteiger partial charge is 0.395 e. The Balaban J connectivity index is 3.09. The van der Waals surface area contributed by atoms with Crippen molar-refractivity contribution in [2.75, 3.05) is 26.3 Å². The van der Waals surface area contributed by atoms with E-state index in [1.54, 1.807) is 0 Å². The average Bonchev–Trinajstić information content (AvgIpc) is 2.43. The van der Waals surface area contributed by atoms with Crippen molar-refractivity contribution in [1.29, 1.82) is 0 Å². The number of aromatic nitrogens is 1. The summed E-state index contributed by atoms with van der Waals surface area (Å²) in [6.45, 7) is -3.02. The molecule has 8 heteroatoms. The molecule has 1 rings (SSSR count). The van der Waals surface area contributed by atoms with Crippen LogP contribution in [-0.4, -0.2) is 58.5 Å². The van der Waals surface area contributed by atoms with Crippen molar-refractivity contribution in [3.63, 3.8) is 0 Å². The number of halogens is 3. The average molecular weight is 302 g/mol. The summed E-state index contributed by atoms with van der Waals surface area (Å²) in [5.74, 6) is 3.77. The molecule has 5 nitrogen and oxygen atoms in total. The molecular formula is C13H13F3N2O3. The number of aliphatic hydroxyl groups excluding tert-OH is 2. The van der Waals surface area contributed by atoms with Crippen LogP contribution in [0, 0.1) is 11.8 Å². The number of aliphatic hydroxyl groups is 2. The van der Waals surface area contributed by atoms with E-state index in [0.717, 1.165) is 0 Å². The van der Waals surface area contributed by atoms with Gasteiger partial charge in [-0.1, -0.05) is 11.8 Å². The third kappa shape index (κ3) is 5.41. The molecule has 1 amide bonds. The van der Waals surface area contributed by atoms with Crippen LogP contribution >= 0.6 is 0 Å². The minimum atomic E-state index is -4.59. The molecule has 0 unspecified atom stereocenters. The fraction of sp³-hybridized carbons (Fsp3) is 0.385. The molecule has 0 aromatic carbocycles. The zero-order chi connectivity index (χ0) is 15.9. The van der Waals surface area contributed by atoms with E-state index < -0.39 is 38.4 Å². The maximum Gasteiger partial charge on any atom is 0.406 e. The Labute approximate surface area is 119 Å². The predicted molar refractivity (Wildman–Crippen MR) is 67.2 cm³/mol. The largest absolute Gasteiger partial charge is 0.406 e. The van der Waals surface area contributed by atoms with Crippen molar-refractivity contribution in [1.82, 2.24) is 9.88 Å². The lowest BCUT2D eigenvalue weighted by Crippen LogP contribution is -2.41. The van der Waals surface area contributed by atoms with Crippen LogP contribution in [0.1, 0.15) is 16.1 Å². The maximum atomic E-state index is 12.5. The Morgan fingerprint density at radius 2 is 2.10 bits per heavy atom. The molecular weight excluding hydrogens is 289 g/mol. The third-order valence-electron chi connectivity index (χ3n) is 2.34. The van der Waals surface area contributed by atoms with E-state index >= 15 is 0 Å². The monoisotopic (exact) mass is 302 g/mol. The third-order valence-corrected chi connectivity index (χ3v) is 2.34. The van der Waals surface area contributed by atoms with Gasteiger partial charge in [-0.15, -0.1) is 0 Å². The highest BCUT2D eigenvalue weighted by Gasteiger charge is 2.34. The first-order valence-electron chi connectivity index (χ1n) is 5.90. The summed E-state index contributed by atoms with van der Waals surface area (Å²) < 4.78 is 37.4. The lowest BCUT2D eigenvalue weighted by Gasteiger charge is -2.23. The quantitative estimate of drug-likeness (QED) is 0.791. The lowest BCUT2D eigenvalue weighted by molar-refractivity contribution is -0.141. The van der Waals surface area contributed by atoms with Gasteiger partial charge in [0, 0.05) is 12.7 Å². The zero-order valence-electron chi connectivity index (χ0n) is 10.9. The van der Waals surface area contributed by atoms with Crippen LogP contribution in [0.5, 0.6) is 0 Å². The standard InChI is InChI=1S/C13H13F3N2O3/c14-13(15,16)9-18(6-8-20)12(21)11-10(4-2-7-19)3-1-5-17-11/h1,3,5,19-20H,6-9H2. The second kappa shape index (κ2) is 7.61. The van der Waals surface area contributed by atoms with Gasteiger partial charge in [0.05, 0.1) is 12.2 Å². The molecule has 21 heavy (non-hydrogen) atoms.